The molecule has 0 saturated carbocycles. The maximum absolute atomic E-state index is 12.0. The molecule has 7 heteroatoms. The van der Waals surface area contributed by atoms with Crippen LogP contribution in [0.15, 0.2) is 0 Å². The Kier molecular flexibility index (Phi) is 11.0. The van der Waals surface area contributed by atoms with E-state index in [1.807, 2.05) is 0 Å². The summed E-state index contributed by atoms with van der Waals surface area (Å²) in [6.45, 7) is 4.90. The second-order valence-corrected chi connectivity index (χ2v) is 6.43. The third-order valence-corrected chi connectivity index (χ3v) is 4.40. The molecule has 1 atom stereocenters. The summed E-state index contributed by atoms with van der Waals surface area (Å²) >= 11 is 8.29. The van der Waals surface area contributed by atoms with Crippen LogP contribution in [-0.4, -0.2) is 42.5 Å². The van der Waals surface area contributed by atoms with Gasteiger partial charge in [0.1, 0.15) is 6.04 Å². The average Bonchev–Trinajstić information content (AvgIpc) is 2.47. The SMILES string of the molecule is CC(C)(CS)C(=O)N[C@H](CS)C(=O)NCCCCCCN. The molecule has 0 heterocycles. The molecule has 0 bridgehead atoms. The summed E-state index contributed by atoms with van der Waals surface area (Å²) in [5, 5.41) is 5.56. The molecule has 0 aliphatic carbocycles. The number of nitrogens with one attached hydrogen (secondary N) is 2. The largest absolute Gasteiger partial charge is 0.354 e. The van der Waals surface area contributed by atoms with Gasteiger partial charge in [-0.05, 0) is 19.4 Å². The van der Waals surface area contributed by atoms with Gasteiger partial charge in [0.05, 0.1) is 5.41 Å². The first-order valence-electron chi connectivity index (χ1n) is 7.39. The Bertz CT molecular complexity index is 325. The summed E-state index contributed by atoms with van der Waals surface area (Å²) in [4.78, 5) is 24.0. The van der Waals surface area contributed by atoms with Crippen molar-refractivity contribution in [3.8, 4) is 0 Å². The van der Waals surface area contributed by atoms with Gasteiger partial charge in [-0.15, -0.1) is 0 Å². The van der Waals surface area contributed by atoms with E-state index in [2.05, 4.69) is 35.9 Å². The number of carbonyl (C=O) groups is 2. The summed E-state index contributed by atoms with van der Waals surface area (Å²) in [6.07, 6.45) is 4.06. The molecular formula is C14H29N3O2S2. The van der Waals surface area contributed by atoms with Crippen molar-refractivity contribution in [1.82, 2.24) is 10.6 Å². The minimum absolute atomic E-state index is 0.186. The number of hydrogen-bond acceptors (Lipinski definition) is 5. The van der Waals surface area contributed by atoms with Crippen LogP contribution in [0, 0.1) is 5.41 Å². The van der Waals surface area contributed by atoms with Gasteiger partial charge in [0.15, 0.2) is 0 Å². The monoisotopic (exact) mass is 335 g/mol. The van der Waals surface area contributed by atoms with Crippen molar-refractivity contribution in [3.63, 3.8) is 0 Å². The van der Waals surface area contributed by atoms with Gasteiger partial charge >= 0.3 is 0 Å². The molecule has 0 aromatic rings. The highest BCUT2D eigenvalue weighted by Crippen LogP contribution is 2.17. The van der Waals surface area contributed by atoms with E-state index in [9.17, 15) is 9.59 Å². The average molecular weight is 336 g/mol. The van der Waals surface area contributed by atoms with E-state index in [0.717, 1.165) is 25.7 Å². The van der Waals surface area contributed by atoms with Crippen LogP contribution in [0.4, 0.5) is 0 Å². The van der Waals surface area contributed by atoms with Gasteiger partial charge < -0.3 is 16.4 Å². The molecule has 0 rings (SSSR count). The van der Waals surface area contributed by atoms with Crippen molar-refractivity contribution < 1.29 is 9.59 Å². The first-order valence-corrected chi connectivity index (χ1v) is 8.66. The lowest BCUT2D eigenvalue weighted by Gasteiger charge is -2.24. The molecule has 0 aromatic heterocycles. The molecule has 0 fully saturated rings. The van der Waals surface area contributed by atoms with Crippen LogP contribution in [0.5, 0.6) is 0 Å². The van der Waals surface area contributed by atoms with E-state index in [1.165, 1.54) is 0 Å². The minimum Gasteiger partial charge on any atom is -0.354 e. The number of carbonyl (C=O) groups excluding carboxylic acids is 2. The molecule has 0 spiro atoms. The summed E-state index contributed by atoms with van der Waals surface area (Å²) in [7, 11) is 0. The summed E-state index contributed by atoms with van der Waals surface area (Å²) in [6, 6.07) is -0.607. The van der Waals surface area contributed by atoms with Gasteiger partial charge in [0.25, 0.3) is 0 Å². The molecule has 5 nitrogen and oxygen atoms in total. The van der Waals surface area contributed by atoms with E-state index in [-0.39, 0.29) is 17.6 Å². The molecule has 0 saturated heterocycles. The van der Waals surface area contributed by atoms with Crippen LogP contribution in [-0.2, 0) is 9.59 Å². The van der Waals surface area contributed by atoms with Gasteiger partial charge in [-0.1, -0.05) is 26.7 Å². The minimum atomic E-state index is -0.607. The van der Waals surface area contributed by atoms with Crippen molar-refractivity contribution in [3.05, 3.63) is 0 Å². The molecule has 0 radical (unpaired) electrons. The summed E-state index contributed by atoms with van der Waals surface area (Å²) in [5.74, 6) is 0.315. The quantitative estimate of drug-likeness (QED) is 0.288. The second kappa shape index (κ2) is 11.2. The molecule has 0 unspecified atom stereocenters. The highest BCUT2D eigenvalue weighted by atomic mass is 32.1. The Morgan fingerprint density at radius 3 is 2.29 bits per heavy atom. The van der Waals surface area contributed by atoms with Crippen molar-refractivity contribution >= 4 is 37.1 Å². The van der Waals surface area contributed by atoms with E-state index in [1.54, 1.807) is 13.8 Å². The number of rotatable bonds is 11. The van der Waals surface area contributed by atoms with Gasteiger partial charge in [0.2, 0.25) is 11.8 Å². The van der Waals surface area contributed by atoms with Gasteiger partial charge in [-0.25, -0.2) is 0 Å². The van der Waals surface area contributed by atoms with E-state index < -0.39 is 11.5 Å². The lowest BCUT2D eigenvalue weighted by Crippen LogP contribution is -2.52. The summed E-state index contributed by atoms with van der Waals surface area (Å²) in [5.41, 5.74) is 4.81. The standard InChI is InChI=1S/C14H29N3O2S2/c1-14(2,10-21)13(19)17-11(9-20)12(18)16-8-6-4-3-5-7-15/h11,20-21H,3-10,15H2,1-2H3,(H,16,18)(H,17,19)/t11-/m1/s1. The van der Waals surface area contributed by atoms with E-state index >= 15 is 0 Å². The zero-order valence-electron chi connectivity index (χ0n) is 13.0. The van der Waals surface area contributed by atoms with Gasteiger partial charge in [-0.3, -0.25) is 9.59 Å². The van der Waals surface area contributed by atoms with E-state index in [0.29, 0.717) is 18.8 Å². The van der Waals surface area contributed by atoms with Crippen molar-refractivity contribution in [2.45, 2.75) is 45.6 Å². The number of nitrogens with two attached hydrogens (primary N) is 1. The Morgan fingerprint density at radius 2 is 1.76 bits per heavy atom. The summed E-state index contributed by atoms with van der Waals surface area (Å²) < 4.78 is 0. The zero-order chi connectivity index (χ0) is 16.3. The Balaban J connectivity index is 4.10. The lowest BCUT2D eigenvalue weighted by molar-refractivity contribution is -0.132. The van der Waals surface area contributed by atoms with Gasteiger partial charge in [0, 0.05) is 18.1 Å². The molecular weight excluding hydrogens is 306 g/mol. The van der Waals surface area contributed by atoms with E-state index in [4.69, 9.17) is 5.73 Å². The molecule has 124 valence electrons. The highest BCUT2D eigenvalue weighted by Gasteiger charge is 2.29. The predicted molar refractivity (Wildman–Crippen MR) is 93.9 cm³/mol. The third-order valence-electron chi connectivity index (χ3n) is 3.24. The Morgan fingerprint density at radius 1 is 1.14 bits per heavy atom. The molecule has 0 aromatic carbocycles. The Hall–Kier alpha value is -0.400. The van der Waals surface area contributed by atoms with Crippen LogP contribution < -0.4 is 16.4 Å². The molecule has 2 amide bonds. The topological polar surface area (TPSA) is 84.2 Å². The van der Waals surface area contributed by atoms with Crippen LogP contribution in [0.2, 0.25) is 0 Å². The van der Waals surface area contributed by atoms with Crippen molar-refractivity contribution in [2.24, 2.45) is 11.1 Å². The van der Waals surface area contributed by atoms with Crippen LogP contribution in [0.3, 0.4) is 0 Å². The normalized spacial score (nSPS) is 12.8. The fourth-order valence-electron chi connectivity index (χ4n) is 1.58. The maximum atomic E-state index is 12.0. The highest BCUT2D eigenvalue weighted by molar-refractivity contribution is 7.80. The number of thiol groups is 2. The van der Waals surface area contributed by atoms with Crippen molar-refractivity contribution in [1.29, 1.82) is 0 Å². The van der Waals surface area contributed by atoms with Gasteiger partial charge in [-0.2, -0.15) is 25.3 Å². The lowest BCUT2D eigenvalue weighted by atomic mass is 9.95. The molecule has 0 aliphatic rings. The number of hydrogen-bond donors (Lipinski definition) is 5. The predicted octanol–water partition coefficient (Wildman–Crippen LogP) is 0.992. The molecule has 0 aliphatic heterocycles. The van der Waals surface area contributed by atoms with Crippen LogP contribution in [0.25, 0.3) is 0 Å². The van der Waals surface area contributed by atoms with Crippen LogP contribution in [0.1, 0.15) is 39.5 Å². The second-order valence-electron chi connectivity index (χ2n) is 5.74. The zero-order valence-corrected chi connectivity index (χ0v) is 14.8. The third kappa shape index (κ3) is 8.58. The number of amides is 2. The smallest absolute Gasteiger partial charge is 0.243 e. The maximum Gasteiger partial charge on any atom is 0.243 e. The van der Waals surface area contributed by atoms with Crippen molar-refractivity contribution in [2.75, 3.05) is 24.6 Å². The first-order chi connectivity index (χ1) is 9.88. The fourth-order valence-corrected chi connectivity index (χ4v) is 1.98. The number of unbranched alkanes of at least 4 members (excludes halogenated alkanes) is 3. The molecule has 4 N–H and O–H groups in total. The fraction of sp³-hybridized carbons (Fsp3) is 0.857. The first kappa shape index (κ1) is 20.6. The molecule has 21 heavy (non-hydrogen) atoms. The Labute approximate surface area is 139 Å². The van der Waals surface area contributed by atoms with Crippen LogP contribution >= 0.6 is 25.3 Å².